The Bertz CT molecular complexity index is 345. The average Bonchev–Trinajstić information content (AvgIpc) is 3.02. The van der Waals surface area contributed by atoms with Gasteiger partial charge in [0.1, 0.15) is 5.69 Å². The summed E-state index contributed by atoms with van der Waals surface area (Å²) in [4.78, 5) is 15.6. The Labute approximate surface area is 83.5 Å². The lowest BCUT2D eigenvalue weighted by molar-refractivity contribution is 0.0946. The number of nitrogens with one attached hydrogen (secondary N) is 1. The smallest absolute Gasteiger partial charge is 0.270 e. The second-order valence-corrected chi connectivity index (χ2v) is 3.65. The molecule has 1 fully saturated rings. The lowest BCUT2D eigenvalue weighted by atomic mass is 10.2. The highest BCUT2D eigenvalue weighted by molar-refractivity contribution is 5.92. The normalized spacial score (nSPS) is 15.2. The first-order chi connectivity index (χ1) is 6.79. The van der Waals surface area contributed by atoms with Gasteiger partial charge < -0.3 is 5.32 Å². The van der Waals surface area contributed by atoms with E-state index in [1.54, 1.807) is 6.20 Å². The van der Waals surface area contributed by atoms with Gasteiger partial charge in [0.15, 0.2) is 0 Å². The predicted octanol–water partition coefficient (Wildman–Crippen LogP) is 1.54. The van der Waals surface area contributed by atoms with Crippen LogP contribution in [0.4, 0.5) is 0 Å². The maximum absolute atomic E-state index is 11.6. The molecule has 0 radical (unpaired) electrons. The van der Waals surface area contributed by atoms with Crippen molar-refractivity contribution in [2.45, 2.75) is 32.2 Å². The quantitative estimate of drug-likeness (QED) is 0.785. The molecule has 0 aromatic carbocycles. The van der Waals surface area contributed by atoms with E-state index >= 15 is 0 Å². The molecule has 1 saturated carbocycles. The fraction of sp³-hybridized carbons (Fsp3) is 0.455. The van der Waals surface area contributed by atoms with Crippen molar-refractivity contribution in [3.8, 4) is 0 Å². The van der Waals surface area contributed by atoms with Crippen molar-refractivity contribution in [1.29, 1.82) is 0 Å². The fourth-order valence-electron chi connectivity index (χ4n) is 1.31. The third kappa shape index (κ3) is 2.10. The molecule has 1 amide bonds. The van der Waals surface area contributed by atoms with Crippen LogP contribution in [0.2, 0.25) is 0 Å². The van der Waals surface area contributed by atoms with Gasteiger partial charge in [-0.05, 0) is 37.0 Å². The Hall–Kier alpha value is -1.38. The summed E-state index contributed by atoms with van der Waals surface area (Å²) in [6.07, 6.45) is 4.85. The molecule has 1 aliphatic carbocycles. The van der Waals surface area contributed by atoms with Gasteiger partial charge >= 0.3 is 0 Å². The van der Waals surface area contributed by atoms with E-state index in [4.69, 9.17) is 0 Å². The van der Waals surface area contributed by atoms with Crippen molar-refractivity contribution in [1.82, 2.24) is 10.3 Å². The third-order valence-corrected chi connectivity index (χ3v) is 2.38. The highest BCUT2D eigenvalue weighted by Crippen LogP contribution is 2.19. The maximum Gasteiger partial charge on any atom is 0.270 e. The Morgan fingerprint density at radius 2 is 2.43 bits per heavy atom. The zero-order valence-corrected chi connectivity index (χ0v) is 8.29. The number of carbonyl (C=O) groups excluding carboxylic acids is 1. The van der Waals surface area contributed by atoms with Crippen molar-refractivity contribution in [3.05, 3.63) is 29.6 Å². The number of hydrogen-bond acceptors (Lipinski definition) is 2. The number of aromatic nitrogens is 1. The van der Waals surface area contributed by atoms with Crippen LogP contribution in [0.5, 0.6) is 0 Å². The fourth-order valence-corrected chi connectivity index (χ4v) is 1.31. The molecular formula is C11H14N2O. The number of aryl methyl sites for hydroxylation is 1. The van der Waals surface area contributed by atoms with E-state index in [-0.39, 0.29) is 5.91 Å². The molecule has 0 bridgehead atoms. The van der Waals surface area contributed by atoms with Crippen LogP contribution in [0.15, 0.2) is 18.3 Å². The van der Waals surface area contributed by atoms with Gasteiger partial charge in [0.2, 0.25) is 0 Å². The Kier molecular flexibility index (Phi) is 2.48. The minimum atomic E-state index is -0.0391. The van der Waals surface area contributed by atoms with Crippen LogP contribution in [0.25, 0.3) is 0 Å². The van der Waals surface area contributed by atoms with Crippen molar-refractivity contribution >= 4 is 5.91 Å². The van der Waals surface area contributed by atoms with Gasteiger partial charge in [-0.1, -0.05) is 6.92 Å². The standard InChI is InChI=1S/C11H14N2O/c1-2-8-5-6-12-10(7-8)11(14)13-9-3-4-9/h5-7,9H,2-4H2,1H3,(H,13,14). The topological polar surface area (TPSA) is 42.0 Å². The number of carbonyl (C=O) groups is 1. The van der Waals surface area contributed by atoms with Gasteiger partial charge in [-0.3, -0.25) is 9.78 Å². The summed E-state index contributed by atoms with van der Waals surface area (Å²) in [5, 5.41) is 2.92. The molecule has 0 spiro atoms. The highest BCUT2D eigenvalue weighted by Gasteiger charge is 2.24. The van der Waals surface area contributed by atoms with E-state index in [1.165, 1.54) is 0 Å². The molecule has 3 nitrogen and oxygen atoms in total. The lowest BCUT2D eigenvalue weighted by Gasteiger charge is -2.03. The molecule has 1 heterocycles. The molecule has 2 rings (SSSR count). The molecule has 3 heteroatoms. The minimum Gasteiger partial charge on any atom is -0.348 e. The van der Waals surface area contributed by atoms with Gasteiger partial charge in [-0.15, -0.1) is 0 Å². The van der Waals surface area contributed by atoms with E-state index in [0.29, 0.717) is 11.7 Å². The molecule has 1 aliphatic rings. The largest absolute Gasteiger partial charge is 0.348 e. The van der Waals surface area contributed by atoms with Gasteiger partial charge in [0.25, 0.3) is 5.91 Å². The molecule has 74 valence electrons. The average molecular weight is 190 g/mol. The zero-order chi connectivity index (χ0) is 9.97. The van der Waals surface area contributed by atoms with Crippen molar-refractivity contribution in [3.63, 3.8) is 0 Å². The second-order valence-electron chi connectivity index (χ2n) is 3.65. The van der Waals surface area contributed by atoms with Gasteiger partial charge in [-0.25, -0.2) is 0 Å². The minimum absolute atomic E-state index is 0.0391. The van der Waals surface area contributed by atoms with E-state index in [2.05, 4.69) is 17.2 Å². The summed E-state index contributed by atoms with van der Waals surface area (Å²) in [6.45, 7) is 2.07. The highest BCUT2D eigenvalue weighted by atomic mass is 16.2. The van der Waals surface area contributed by atoms with Gasteiger partial charge in [-0.2, -0.15) is 0 Å². The third-order valence-electron chi connectivity index (χ3n) is 2.38. The van der Waals surface area contributed by atoms with Crippen molar-refractivity contribution < 1.29 is 4.79 Å². The monoisotopic (exact) mass is 190 g/mol. The van der Waals surface area contributed by atoms with Crippen molar-refractivity contribution in [2.24, 2.45) is 0 Å². The summed E-state index contributed by atoms with van der Waals surface area (Å²) in [5.41, 5.74) is 1.69. The number of amides is 1. The maximum atomic E-state index is 11.6. The van der Waals surface area contributed by atoms with Crippen LogP contribution in [0, 0.1) is 0 Å². The van der Waals surface area contributed by atoms with Crippen LogP contribution in [0.3, 0.4) is 0 Å². The predicted molar refractivity (Wildman–Crippen MR) is 54.1 cm³/mol. The molecule has 1 aromatic heterocycles. The first kappa shape index (κ1) is 9.19. The van der Waals surface area contributed by atoms with E-state index in [0.717, 1.165) is 24.8 Å². The summed E-state index contributed by atoms with van der Waals surface area (Å²) in [6, 6.07) is 4.20. The lowest BCUT2D eigenvalue weighted by Crippen LogP contribution is -2.26. The van der Waals surface area contributed by atoms with Crippen LogP contribution < -0.4 is 5.32 Å². The zero-order valence-electron chi connectivity index (χ0n) is 8.29. The first-order valence-electron chi connectivity index (χ1n) is 5.05. The first-order valence-corrected chi connectivity index (χ1v) is 5.05. The van der Waals surface area contributed by atoms with Crippen molar-refractivity contribution in [2.75, 3.05) is 0 Å². The SMILES string of the molecule is CCc1ccnc(C(=O)NC2CC2)c1. The van der Waals surface area contributed by atoms with Crippen LogP contribution in [0.1, 0.15) is 35.8 Å². The molecular weight excluding hydrogens is 176 g/mol. The number of nitrogens with zero attached hydrogens (tertiary/aromatic N) is 1. The van der Waals surface area contributed by atoms with Crippen LogP contribution in [-0.4, -0.2) is 16.9 Å². The van der Waals surface area contributed by atoms with Gasteiger partial charge in [0.05, 0.1) is 0 Å². The summed E-state index contributed by atoms with van der Waals surface area (Å²) < 4.78 is 0. The van der Waals surface area contributed by atoms with Crippen LogP contribution in [-0.2, 0) is 6.42 Å². The number of pyridine rings is 1. The summed E-state index contributed by atoms with van der Waals surface area (Å²) >= 11 is 0. The molecule has 0 unspecified atom stereocenters. The molecule has 1 N–H and O–H groups in total. The molecule has 1 aromatic rings. The molecule has 0 saturated heterocycles. The number of hydrogen-bond donors (Lipinski definition) is 1. The van der Waals surface area contributed by atoms with E-state index in [9.17, 15) is 4.79 Å². The second kappa shape index (κ2) is 3.78. The summed E-state index contributed by atoms with van der Waals surface area (Å²) in [5.74, 6) is -0.0391. The number of rotatable bonds is 3. The van der Waals surface area contributed by atoms with Crippen LogP contribution >= 0.6 is 0 Å². The molecule has 0 aliphatic heterocycles. The molecule has 0 atom stereocenters. The van der Waals surface area contributed by atoms with E-state index in [1.807, 2.05) is 12.1 Å². The Morgan fingerprint density at radius 3 is 3.07 bits per heavy atom. The van der Waals surface area contributed by atoms with E-state index < -0.39 is 0 Å². The summed E-state index contributed by atoms with van der Waals surface area (Å²) in [7, 11) is 0. The Balaban J connectivity index is 2.09. The Morgan fingerprint density at radius 1 is 1.64 bits per heavy atom. The van der Waals surface area contributed by atoms with Gasteiger partial charge in [0, 0.05) is 12.2 Å². The molecule has 14 heavy (non-hydrogen) atoms.